The molecule has 1 aromatic heterocycles. The van der Waals surface area contributed by atoms with Crippen LogP contribution in [0.15, 0.2) is 36.5 Å². The lowest BCUT2D eigenvalue weighted by Crippen LogP contribution is -2.05. The van der Waals surface area contributed by atoms with E-state index in [-0.39, 0.29) is 17.1 Å². The number of hydrogen-bond donors (Lipinski definition) is 1. The van der Waals surface area contributed by atoms with Crippen LogP contribution in [0.2, 0.25) is 0 Å². The third-order valence-electron chi connectivity index (χ3n) is 2.74. The minimum absolute atomic E-state index is 0.100. The zero-order valence-corrected chi connectivity index (χ0v) is 10.8. The lowest BCUT2D eigenvalue weighted by atomic mass is 10.1. The molecule has 0 saturated carbocycles. The van der Waals surface area contributed by atoms with Crippen molar-refractivity contribution in [1.82, 2.24) is 4.98 Å². The van der Waals surface area contributed by atoms with Crippen LogP contribution in [0.5, 0.6) is 0 Å². The van der Waals surface area contributed by atoms with Gasteiger partial charge in [0.1, 0.15) is 6.07 Å². The predicted molar refractivity (Wildman–Crippen MR) is 74.1 cm³/mol. The third kappa shape index (κ3) is 3.31. The highest BCUT2D eigenvalue weighted by Gasteiger charge is 2.16. The van der Waals surface area contributed by atoms with Crippen LogP contribution in [-0.2, 0) is 6.54 Å². The lowest BCUT2D eigenvalue weighted by Gasteiger charge is -2.06. The van der Waals surface area contributed by atoms with Crippen LogP contribution in [0.25, 0.3) is 0 Å². The van der Waals surface area contributed by atoms with Crippen molar-refractivity contribution in [1.29, 1.82) is 10.5 Å². The second kappa shape index (κ2) is 6.13. The van der Waals surface area contributed by atoms with Gasteiger partial charge in [-0.1, -0.05) is 12.1 Å². The molecule has 0 spiro atoms. The molecule has 0 atom stereocenters. The normalized spacial score (nSPS) is 9.43. The summed E-state index contributed by atoms with van der Waals surface area (Å²) in [6, 6.07) is 11.8. The van der Waals surface area contributed by atoms with Gasteiger partial charge in [0.2, 0.25) is 5.82 Å². The van der Waals surface area contributed by atoms with Gasteiger partial charge in [0.15, 0.2) is 0 Å². The molecule has 0 fully saturated rings. The number of nitrogens with zero attached hydrogens (tertiary/aromatic N) is 4. The Kier molecular flexibility index (Phi) is 4.08. The van der Waals surface area contributed by atoms with Crippen molar-refractivity contribution >= 4 is 11.5 Å². The zero-order valence-electron chi connectivity index (χ0n) is 10.8. The Morgan fingerprint density at radius 3 is 2.43 bits per heavy atom. The summed E-state index contributed by atoms with van der Waals surface area (Å²) < 4.78 is 0. The highest BCUT2D eigenvalue weighted by Crippen LogP contribution is 2.23. The Labute approximate surface area is 120 Å². The van der Waals surface area contributed by atoms with Crippen molar-refractivity contribution in [2.24, 2.45) is 0 Å². The summed E-state index contributed by atoms with van der Waals surface area (Å²) in [6.07, 6.45) is 1.27. The maximum atomic E-state index is 11.0. The van der Waals surface area contributed by atoms with Crippen molar-refractivity contribution < 1.29 is 4.92 Å². The molecule has 2 aromatic rings. The third-order valence-corrected chi connectivity index (χ3v) is 2.74. The molecular formula is C14H9N5O2. The van der Waals surface area contributed by atoms with Gasteiger partial charge in [-0.25, -0.2) is 4.98 Å². The first-order valence-corrected chi connectivity index (χ1v) is 5.91. The van der Waals surface area contributed by atoms with Crippen LogP contribution in [0.4, 0.5) is 11.5 Å². The van der Waals surface area contributed by atoms with Crippen LogP contribution in [0.1, 0.15) is 16.7 Å². The zero-order chi connectivity index (χ0) is 15.2. The second-order valence-electron chi connectivity index (χ2n) is 4.12. The molecule has 0 radical (unpaired) electrons. The van der Waals surface area contributed by atoms with Crippen LogP contribution in [0.3, 0.4) is 0 Å². The van der Waals surface area contributed by atoms with Crippen LogP contribution in [0, 0.1) is 32.8 Å². The first-order chi connectivity index (χ1) is 10.1. The average Bonchev–Trinajstić information content (AvgIpc) is 2.53. The molecule has 102 valence electrons. The molecule has 1 N–H and O–H groups in total. The van der Waals surface area contributed by atoms with E-state index in [1.54, 1.807) is 24.3 Å². The highest BCUT2D eigenvalue weighted by atomic mass is 16.6. The molecule has 0 unspecified atom stereocenters. The molecule has 0 saturated heterocycles. The maximum Gasteiger partial charge on any atom is 0.312 e. The first-order valence-electron chi connectivity index (χ1n) is 5.91. The van der Waals surface area contributed by atoms with E-state index < -0.39 is 4.92 Å². The van der Waals surface area contributed by atoms with Gasteiger partial charge < -0.3 is 5.32 Å². The molecule has 0 aliphatic rings. The van der Waals surface area contributed by atoms with Gasteiger partial charge in [-0.05, 0) is 17.7 Å². The largest absolute Gasteiger partial charge is 0.360 e. The summed E-state index contributed by atoms with van der Waals surface area (Å²) in [6.45, 7) is 0.325. The summed E-state index contributed by atoms with van der Waals surface area (Å²) in [4.78, 5) is 14.3. The number of pyridine rings is 1. The Morgan fingerprint density at radius 1 is 1.19 bits per heavy atom. The molecule has 7 nitrogen and oxygen atoms in total. The van der Waals surface area contributed by atoms with Gasteiger partial charge in [0, 0.05) is 18.8 Å². The molecule has 0 aliphatic carbocycles. The Bertz CT molecular complexity index is 756. The maximum absolute atomic E-state index is 11.0. The summed E-state index contributed by atoms with van der Waals surface area (Å²) in [5.74, 6) is 0.100. The van der Waals surface area contributed by atoms with E-state index in [9.17, 15) is 10.1 Å². The van der Waals surface area contributed by atoms with Gasteiger partial charge in [-0.15, -0.1) is 0 Å². The summed E-state index contributed by atoms with van der Waals surface area (Å²) >= 11 is 0. The topological polar surface area (TPSA) is 116 Å². The minimum Gasteiger partial charge on any atom is -0.360 e. The van der Waals surface area contributed by atoms with E-state index in [2.05, 4.69) is 10.3 Å². The fourth-order valence-corrected chi connectivity index (χ4v) is 1.67. The standard InChI is InChI=1S/C14H9N5O2/c15-6-10-1-3-11(4-2-10)8-17-14-13(19(20)21)5-12(7-16)9-18-14/h1-5,9H,8H2,(H,17,18). The molecule has 0 bridgehead atoms. The lowest BCUT2D eigenvalue weighted by molar-refractivity contribution is -0.384. The van der Waals surface area contributed by atoms with Gasteiger partial charge in [-0.2, -0.15) is 10.5 Å². The van der Waals surface area contributed by atoms with Gasteiger partial charge >= 0.3 is 5.69 Å². The fraction of sp³-hybridized carbons (Fsp3) is 0.0714. The number of hydrogen-bond acceptors (Lipinski definition) is 6. The van der Waals surface area contributed by atoms with Crippen molar-refractivity contribution in [3.63, 3.8) is 0 Å². The number of aromatic nitrogens is 1. The van der Waals surface area contributed by atoms with E-state index in [0.29, 0.717) is 12.1 Å². The Hall–Kier alpha value is -3.45. The molecule has 1 heterocycles. The van der Waals surface area contributed by atoms with E-state index in [0.717, 1.165) is 5.56 Å². The van der Waals surface area contributed by atoms with Gasteiger partial charge in [0.25, 0.3) is 0 Å². The molecule has 7 heteroatoms. The van der Waals surface area contributed by atoms with Crippen molar-refractivity contribution in [3.8, 4) is 12.1 Å². The molecular weight excluding hydrogens is 270 g/mol. The monoisotopic (exact) mass is 279 g/mol. The number of benzene rings is 1. The number of nitriles is 2. The number of rotatable bonds is 4. The number of nitro groups is 1. The van der Waals surface area contributed by atoms with Crippen LogP contribution in [-0.4, -0.2) is 9.91 Å². The molecule has 1 aromatic carbocycles. The molecule has 21 heavy (non-hydrogen) atoms. The SMILES string of the molecule is N#Cc1ccc(CNc2ncc(C#N)cc2[N+](=O)[O-])cc1. The Morgan fingerprint density at radius 2 is 1.86 bits per heavy atom. The number of anilines is 1. The molecule has 0 amide bonds. The molecule has 0 aliphatic heterocycles. The van der Waals surface area contributed by atoms with Crippen molar-refractivity contribution in [2.45, 2.75) is 6.54 Å². The van der Waals surface area contributed by atoms with Gasteiger partial charge in [0.05, 0.1) is 22.1 Å². The first kappa shape index (κ1) is 14.0. The van der Waals surface area contributed by atoms with Crippen molar-refractivity contribution in [3.05, 3.63) is 63.3 Å². The average molecular weight is 279 g/mol. The summed E-state index contributed by atoms with van der Waals surface area (Å²) in [5.41, 5.74) is 1.28. The Balaban J connectivity index is 2.18. The van der Waals surface area contributed by atoms with E-state index in [1.807, 2.05) is 12.1 Å². The molecule has 2 rings (SSSR count). The smallest absolute Gasteiger partial charge is 0.312 e. The van der Waals surface area contributed by atoms with Gasteiger partial charge in [-0.3, -0.25) is 10.1 Å². The van der Waals surface area contributed by atoms with E-state index >= 15 is 0 Å². The van der Waals surface area contributed by atoms with Crippen LogP contribution >= 0.6 is 0 Å². The summed E-state index contributed by atoms with van der Waals surface area (Å²) in [7, 11) is 0. The van der Waals surface area contributed by atoms with Crippen molar-refractivity contribution in [2.75, 3.05) is 5.32 Å². The number of nitrogens with one attached hydrogen (secondary N) is 1. The second-order valence-corrected chi connectivity index (χ2v) is 4.12. The fourth-order valence-electron chi connectivity index (χ4n) is 1.67. The predicted octanol–water partition coefficient (Wildman–Crippen LogP) is 2.35. The van der Waals surface area contributed by atoms with Crippen LogP contribution < -0.4 is 5.32 Å². The van der Waals surface area contributed by atoms with E-state index in [4.69, 9.17) is 10.5 Å². The minimum atomic E-state index is -0.588. The summed E-state index contributed by atoms with van der Waals surface area (Å²) in [5, 5.41) is 31.3. The van der Waals surface area contributed by atoms with E-state index in [1.165, 1.54) is 12.3 Å². The quantitative estimate of drug-likeness (QED) is 0.678. The highest BCUT2D eigenvalue weighted by molar-refractivity contribution is 5.58.